The molecule has 8 nitrogen and oxygen atoms in total. The SMILES string of the molecule is CC(C)(C)c1nc2cc(S(=O)(=O)n3cc(C(N)=O)cn3)ccc2n1CC1CCC(F)(F)CC1. The highest BCUT2D eigenvalue weighted by atomic mass is 32.2. The molecule has 0 radical (unpaired) electrons. The van der Waals surface area contributed by atoms with Gasteiger partial charge < -0.3 is 10.3 Å². The zero-order valence-corrected chi connectivity index (χ0v) is 19.6. The highest BCUT2D eigenvalue weighted by Gasteiger charge is 2.36. The van der Waals surface area contributed by atoms with Crippen LogP contribution < -0.4 is 5.73 Å². The Kier molecular flexibility index (Phi) is 5.58. The summed E-state index contributed by atoms with van der Waals surface area (Å²) in [5.41, 5.74) is 6.07. The molecule has 0 bridgehead atoms. The monoisotopic (exact) mass is 479 g/mol. The fraction of sp³-hybridized carbons (Fsp3) is 0.500. The normalized spacial score (nSPS) is 17.5. The number of amides is 1. The Balaban J connectivity index is 1.73. The zero-order valence-electron chi connectivity index (χ0n) is 18.8. The number of benzene rings is 1. The molecule has 2 heterocycles. The molecule has 2 aromatic heterocycles. The summed E-state index contributed by atoms with van der Waals surface area (Å²) in [6.07, 6.45) is 2.80. The van der Waals surface area contributed by atoms with E-state index < -0.39 is 21.9 Å². The van der Waals surface area contributed by atoms with Gasteiger partial charge in [-0.2, -0.15) is 17.6 Å². The lowest BCUT2D eigenvalue weighted by Crippen LogP contribution is -2.28. The van der Waals surface area contributed by atoms with Gasteiger partial charge in [-0.3, -0.25) is 4.79 Å². The standard InChI is InChI=1S/C22H27F2N5O3S/c1-21(2,3)20-27-17-10-16(33(31,32)29-13-15(11-26-29)19(25)30)4-5-18(17)28(20)12-14-6-8-22(23,24)9-7-14/h4-5,10-11,13-14H,6-9,12H2,1-3H3,(H2,25,30). The Morgan fingerprint density at radius 1 is 1.24 bits per heavy atom. The van der Waals surface area contributed by atoms with Crippen molar-refractivity contribution in [2.45, 2.75) is 69.2 Å². The lowest BCUT2D eigenvalue weighted by molar-refractivity contribution is -0.0473. The van der Waals surface area contributed by atoms with E-state index in [1.807, 2.05) is 25.3 Å². The van der Waals surface area contributed by atoms with Crippen LogP contribution in [0.2, 0.25) is 0 Å². The van der Waals surface area contributed by atoms with Crippen LogP contribution in [0.5, 0.6) is 0 Å². The van der Waals surface area contributed by atoms with E-state index in [0.29, 0.717) is 29.0 Å². The Labute approximate surface area is 190 Å². The third-order valence-corrected chi connectivity index (χ3v) is 7.60. The number of carbonyl (C=O) groups is 1. The number of halogens is 2. The van der Waals surface area contributed by atoms with Gasteiger partial charge in [0.05, 0.1) is 33.9 Å². The third-order valence-electron chi connectivity index (χ3n) is 6.06. The maximum Gasteiger partial charge on any atom is 0.283 e. The molecule has 1 aliphatic rings. The molecule has 0 saturated heterocycles. The van der Waals surface area contributed by atoms with Crippen molar-refractivity contribution >= 4 is 27.0 Å². The van der Waals surface area contributed by atoms with Crippen molar-refractivity contribution < 1.29 is 22.0 Å². The van der Waals surface area contributed by atoms with Crippen LogP contribution in [-0.4, -0.2) is 39.0 Å². The number of alkyl halides is 2. The molecule has 1 fully saturated rings. The smallest absolute Gasteiger partial charge is 0.283 e. The Morgan fingerprint density at radius 3 is 2.48 bits per heavy atom. The van der Waals surface area contributed by atoms with E-state index in [0.717, 1.165) is 23.7 Å². The number of fused-ring (bicyclic) bond motifs is 1. The van der Waals surface area contributed by atoms with E-state index in [1.54, 1.807) is 6.07 Å². The van der Waals surface area contributed by atoms with Gasteiger partial charge >= 0.3 is 0 Å². The quantitative estimate of drug-likeness (QED) is 0.600. The minimum atomic E-state index is -4.06. The van der Waals surface area contributed by atoms with Crippen molar-refractivity contribution in [3.8, 4) is 0 Å². The van der Waals surface area contributed by atoms with Crippen LogP contribution in [0, 0.1) is 5.92 Å². The average molecular weight is 480 g/mol. The molecular weight excluding hydrogens is 452 g/mol. The van der Waals surface area contributed by atoms with Gasteiger partial charge in [-0.1, -0.05) is 20.8 Å². The van der Waals surface area contributed by atoms with Gasteiger partial charge in [-0.15, -0.1) is 0 Å². The van der Waals surface area contributed by atoms with E-state index in [2.05, 4.69) is 5.10 Å². The predicted molar refractivity (Wildman–Crippen MR) is 119 cm³/mol. The topological polar surface area (TPSA) is 113 Å². The van der Waals surface area contributed by atoms with Crippen LogP contribution in [0.15, 0.2) is 35.5 Å². The van der Waals surface area contributed by atoms with Crippen LogP contribution in [0.3, 0.4) is 0 Å². The second-order valence-corrected chi connectivity index (χ2v) is 11.5. The van der Waals surface area contributed by atoms with Crippen molar-refractivity contribution in [2.75, 3.05) is 0 Å². The second kappa shape index (κ2) is 7.89. The Bertz CT molecular complexity index is 1310. The number of carbonyl (C=O) groups excluding carboxylic acids is 1. The molecule has 1 aromatic carbocycles. The summed E-state index contributed by atoms with van der Waals surface area (Å²) in [5.74, 6) is -2.51. The van der Waals surface area contributed by atoms with Gasteiger partial charge in [-0.05, 0) is 37.0 Å². The lowest BCUT2D eigenvalue weighted by atomic mass is 9.86. The zero-order chi connectivity index (χ0) is 24.2. The van der Waals surface area contributed by atoms with Crippen molar-refractivity contribution in [1.29, 1.82) is 0 Å². The summed E-state index contributed by atoms with van der Waals surface area (Å²) in [4.78, 5) is 16.0. The van der Waals surface area contributed by atoms with Crippen LogP contribution >= 0.6 is 0 Å². The molecule has 33 heavy (non-hydrogen) atoms. The van der Waals surface area contributed by atoms with Gasteiger partial charge in [0.1, 0.15) is 5.82 Å². The summed E-state index contributed by atoms with van der Waals surface area (Å²) in [7, 11) is -4.06. The Morgan fingerprint density at radius 2 is 1.91 bits per heavy atom. The van der Waals surface area contributed by atoms with Gasteiger partial charge in [0.25, 0.3) is 15.9 Å². The first-order valence-corrected chi connectivity index (χ1v) is 12.2. The summed E-state index contributed by atoms with van der Waals surface area (Å²) in [6.45, 7) is 6.57. The van der Waals surface area contributed by atoms with Crippen LogP contribution in [0.4, 0.5) is 8.78 Å². The van der Waals surface area contributed by atoms with Crippen LogP contribution in [0.1, 0.15) is 62.6 Å². The number of hydrogen-bond acceptors (Lipinski definition) is 5. The van der Waals surface area contributed by atoms with Gasteiger partial charge in [0.15, 0.2) is 0 Å². The number of hydrogen-bond donors (Lipinski definition) is 1. The largest absolute Gasteiger partial charge is 0.366 e. The number of nitrogens with zero attached hydrogens (tertiary/aromatic N) is 4. The molecule has 3 aromatic rings. The van der Waals surface area contributed by atoms with Crippen LogP contribution in [0.25, 0.3) is 11.0 Å². The van der Waals surface area contributed by atoms with E-state index >= 15 is 0 Å². The second-order valence-electron chi connectivity index (χ2n) is 9.72. The first kappa shape index (κ1) is 23.3. The Hall–Kier alpha value is -2.82. The van der Waals surface area contributed by atoms with E-state index in [9.17, 15) is 22.0 Å². The molecule has 2 N–H and O–H groups in total. The first-order chi connectivity index (χ1) is 15.3. The highest BCUT2D eigenvalue weighted by molar-refractivity contribution is 7.89. The number of imidazole rings is 1. The summed E-state index contributed by atoms with van der Waals surface area (Å²) in [6, 6.07) is 4.61. The summed E-state index contributed by atoms with van der Waals surface area (Å²) in [5, 5.41) is 3.76. The van der Waals surface area contributed by atoms with Gasteiger partial charge in [-0.25, -0.2) is 13.8 Å². The summed E-state index contributed by atoms with van der Waals surface area (Å²) < 4.78 is 56.0. The molecule has 0 atom stereocenters. The number of rotatable bonds is 5. The summed E-state index contributed by atoms with van der Waals surface area (Å²) >= 11 is 0. The van der Waals surface area contributed by atoms with E-state index in [-0.39, 0.29) is 34.6 Å². The molecule has 0 spiro atoms. The lowest BCUT2D eigenvalue weighted by Gasteiger charge is -2.30. The molecule has 178 valence electrons. The maximum atomic E-state index is 13.6. The molecule has 11 heteroatoms. The predicted octanol–water partition coefficient (Wildman–Crippen LogP) is 3.69. The molecular formula is C22H27F2N5O3S. The number of aromatic nitrogens is 4. The van der Waals surface area contributed by atoms with Crippen molar-refractivity contribution in [3.05, 3.63) is 42.0 Å². The molecule has 1 saturated carbocycles. The van der Waals surface area contributed by atoms with Crippen molar-refractivity contribution in [2.24, 2.45) is 11.7 Å². The average Bonchev–Trinajstić information content (AvgIpc) is 3.35. The number of nitrogens with two attached hydrogens (primary N) is 1. The third kappa shape index (κ3) is 4.50. The number of primary amides is 1. The minimum Gasteiger partial charge on any atom is -0.366 e. The van der Waals surface area contributed by atoms with E-state index in [1.165, 1.54) is 12.1 Å². The minimum absolute atomic E-state index is 0.0167. The fourth-order valence-corrected chi connectivity index (χ4v) is 5.38. The van der Waals surface area contributed by atoms with Crippen molar-refractivity contribution in [1.82, 2.24) is 18.7 Å². The first-order valence-electron chi connectivity index (χ1n) is 10.8. The maximum absolute atomic E-state index is 13.6. The van der Waals surface area contributed by atoms with Crippen molar-refractivity contribution in [3.63, 3.8) is 0 Å². The molecule has 0 aliphatic heterocycles. The van der Waals surface area contributed by atoms with Crippen LogP contribution in [-0.2, 0) is 22.0 Å². The van der Waals surface area contributed by atoms with Gasteiger partial charge in [0.2, 0.25) is 5.92 Å². The highest BCUT2D eigenvalue weighted by Crippen LogP contribution is 2.38. The van der Waals surface area contributed by atoms with Gasteiger partial charge in [0, 0.05) is 24.8 Å². The molecule has 1 amide bonds. The molecule has 4 rings (SSSR count). The van der Waals surface area contributed by atoms with E-state index in [4.69, 9.17) is 10.7 Å². The molecule has 1 aliphatic carbocycles. The molecule has 0 unspecified atom stereocenters. The fourth-order valence-electron chi connectivity index (χ4n) is 4.24.